The molecule has 5 nitrogen and oxygen atoms in total. The number of carbonyl (C=O) groups excluding carboxylic acids is 2. The second kappa shape index (κ2) is 7.29. The van der Waals surface area contributed by atoms with Gasteiger partial charge in [-0.15, -0.1) is 0 Å². The average molecular weight is 305 g/mol. The van der Waals surface area contributed by atoms with E-state index in [1.165, 1.54) is 0 Å². The molecule has 22 heavy (non-hydrogen) atoms. The number of likely N-dealkylation sites (tertiary alicyclic amines) is 1. The Morgan fingerprint density at radius 2 is 1.95 bits per heavy atom. The van der Waals surface area contributed by atoms with Crippen molar-refractivity contribution in [2.75, 3.05) is 26.8 Å². The molecular weight excluding hydrogens is 282 g/mol. The van der Waals surface area contributed by atoms with E-state index < -0.39 is 0 Å². The summed E-state index contributed by atoms with van der Waals surface area (Å²) in [5.74, 6) is 0.558. The lowest BCUT2D eigenvalue weighted by atomic mass is 9.96. The summed E-state index contributed by atoms with van der Waals surface area (Å²) in [7, 11) is 1.62. The van der Waals surface area contributed by atoms with Crippen molar-refractivity contribution in [3.05, 3.63) is 29.3 Å². The van der Waals surface area contributed by atoms with Crippen LogP contribution < -0.4 is 4.74 Å². The molecule has 120 valence electrons. The first-order chi connectivity index (χ1) is 10.6. The summed E-state index contributed by atoms with van der Waals surface area (Å²) in [4.78, 5) is 26.0. The maximum Gasteiger partial charge on any atom is 0.309 e. The third kappa shape index (κ3) is 3.59. The molecule has 0 N–H and O–H groups in total. The van der Waals surface area contributed by atoms with Crippen molar-refractivity contribution in [1.29, 1.82) is 0 Å². The predicted molar refractivity (Wildman–Crippen MR) is 83.0 cm³/mol. The molecule has 1 heterocycles. The van der Waals surface area contributed by atoms with E-state index in [0.29, 0.717) is 38.1 Å². The van der Waals surface area contributed by atoms with E-state index >= 15 is 0 Å². The Bertz CT molecular complexity index is 548. The molecule has 1 aromatic carbocycles. The summed E-state index contributed by atoms with van der Waals surface area (Å²) in [5.41, 5.74) is 1.60. The minimum absolute atomic E-state index is 0.00746. The van der Waals surface area contributed by atoms with Gasteiger partial charge in [0.1, 0.15) is 5.75 Å². The van der Waals surface area contributed by atoms with Crippen LogP contribution in [0.25, 0.3) is 0 Å². The van der Waals surface area contributed by atoms with Gasteiger partial charge in [-0.1, -0.05) is 0 Å². The first-order valence-electron chi connectivity index (χ1n) is 7.67. The number of ether oxygens (including phenoxy) is 2. The van der Waals surface area contributed by atoms with Crippen molar-refractivity contribution in [1.82, 2.24) is 4.90 Å². The molecule has 1 aliphatic rings. The fraction of sp³-hybridized carbons (Fsp3) is 0.529. The van der Waals surface area contributed by atoms with E-state index in [2.05, 4.69) is 0 Å². The van der Waals surface area contributed by atoms with Gasteiger partial charge in [0, 0.05) is 18.7 Å². The minimum atomic E-state index is -0.144. The Morgan fingerprint density at radius 1 is 1.27 bits per heavy atom. The molecule has 0 atom stereocenters. The zero-order chi connectivity index (χ0) is 16.1. The predicted octanol–water partition coefficient (Wildman–Crippen LogP) is 2.42. The third-order valence-electron chi connectivity index (χ3n) is 4.04. The van der Waals surface area contributed by atoms with Gasteiger partial charge in [-0.2, -0.15) is 0 Å². The van der Waals surface area contributed by atoms with E-state index in [-0.39, 0.29) is 17.8 Å². The molecule has 0 aliphatic carbocycles. The van der Waals surface area contributed by atoms with E-state index in [9.17, 15) is 9.59 Å². The van der Waals surface area contributed by atoms with Crippen LogP contribution in [0.5, 0.6) is 5.75 Å². The number of benzene rings is 1. The summed E-state index contributed by atoms with van der Waals surface area (Å²) in [6.45, 7) is 5.31. The Kier molecular flexibility index (Phi) is 5.41. The molecule has 1 amide bonds. The van der Waals surface area contributed by atoms with Gasteiger partial charge in [0.2, 0.25) is 0 Å². The van der Waals surface area contributed by atoms with Crippen LogP contribution in [0.2, 0.25) is 0 Å². The smallest absolute Gasteiger partial charge is 0.309 e. The fourth-order valence-electron chi connectivity index (χ4n) is 2.77. The monoisotopic (exact) mass is 305 g/mol. The summed E-state index contributed by atoms with van der Waals surface area (Å²) < 4.78 is 10.3. The molecule has 0 spiro atoms. The highest BCUT2D eigenvalue weighted by atomic mass is 16.5. The minimum Gasteiger partial charge on any atom is -0.496 e. The first kappa shape index (κ1) is 16.3. The van der Waals surface area contributed by atoms with Crippen LogP contribution in [0.4, 0.5) is 0 Å². The summed E-state index contributed by atoms with van der Waals surface area (Å²) >= 11 is 0. The highest BCUT2D eigenvalue weighted by Crippen LogP contribution is 2.23. The maximum absolute atomic E-state index is 12.5. The third-order valence-corrected chi connectivity index (χ3v) is 4.04. The molecule has 2 rings (SSSR count). The number of esters is 1. The Morgan fingerprint density at radius 3 is 2.50 bits per heavy atom. The molecule has 1 fully saturated rings. The van der Waals surface area contributed by atoms with Crippen LogP contribution in [0.15, 0.2) is 18.2 Å². The topological polar surface area (TPSA) is 55.8 Å². The van der Waals surface area contributed by atoms with E-state index in [4.69, 9.17) is 9.47 Å². The van der Waals surface area contributed by atoms with Gasteiger partial charge in [0.05, 0.1) is 19.6 Å². The molecule has 0 aromatic heterocycles. The molecule has 5 heteroatoms. The normalized spacial score (nSPS) is 15.5. The molecule has 0 saturated carbocycles. The zero-order valence-corrected chi connectivity index (χ0v) is 13.4. The standard InChI is InChI=1S/C17H23NO4/c1-4-22-17(20)13-7-9-18(10-8-13)16(19)14-5-6-15(21-3)12(2)11-14/h5-6,11,13H,4,7-10H2,1-3H3. The van der Waals surface area contributed by atoms with Gasteiger partial charge in [-0.05, 0) is 50.5 Å². The van der Waals surface area contributed by atoms with Gasteiger partial charge in [-0.25, -0.2) is 0 Å². The second-order valence-electron chi connectivity index (χ2n) is 5.50. The first-order valence-corrected chi connectivity index (χ1v) is 7.67. The lowest BCUT2D eigenvalue weighted by Gasteiger charge is -2.31. The van der Waals surface area contributed by atoms with E-state index in [0.717, 1.165) is 11.3 Å². The lowest BCUT2D eigenvalue weighted by molar-refractivity contribution is -0.149. The molecule has 1 aliphatic heterocycles. The van der Waals surface area contributed by atoms with E-state index in [1.54, 1.807) is 18.1 Å². The molecule has 0 radical (unpaired) electrons. The number of piperidine rings is 1. The second-order valence-corrected chi connectivity index (χ2v) is 5.50. The molecule has 0 bridgehead atoms. The Labute approximate surface area is 131 Å². The summed E-state index contributed by atoms with van der Waals surface area (Å²) in [6.07, 6.45) is 1.33. The van der Waals surface area contributed by atoms with Crippen LogP contribution in [-0.4, -0.2) is 43.6 Å². The highest BCUT2D eigenvalue weighted by Gasteiger charge is 2.28. The molecule has 0 unspecified atom stereocenters. The van der Waals surface area contributed by atoms with Crippen molar-refractivity contribution in [2.24, 2.45) is 5.92 Å². The zero-order valence-electron chi connectivity index (χ0n) is 13.4. The average Bonchev–Trinajstić information content (AvgIpc) is 2.54. The Hall–Kier alpha value is -2.04. The quantitative estimate of drug-likeness (QED) is 0.802. The van der Waals surface area contributed by atoms with Crippen LogP contribution in [0.3, 0.4) is 0 Å². The number of amides is 1. The number of hydrogen-bond acceptors (Lipinski definition) is 4. The van der Waals surface area contributed by atoms with E-state index in [1.807, 2.05) is 26.0 Å². The van der Waals surface area contributed by atoms with Crippen LogP contribution in [-0.2, 0) is 9.53 Å². The molecule has 1 saturated heterocycles. The summed E-state index contributed by atoms with van der Waals surface area (Å²) in [5, 5.41) is 0. The fourth-order valence-corrected chi connectivity index (χ4v) is 2.77. The number of hydrogen-bond donors (Lipinski definition) is 0. The van der Waals surface area contributed by atoms with Crippen molar-refractivity contribution in [3.8, 4) is 5.75 Å². The number of rotatable bonds is 4. The SMILES string of the molecule is CCOC(=O)C1CCN(C(=O)c2ccc(OC)c(C)c2)CC1. The lowest BCUT2D eigenvalue weighted by Crippen LogP contribution is -2.40. The van der Waals surface area contributed by atoms with Gasteiger partial charge >= 0.3 is 5.97 Å². The number of nitrogens with zero attached hydrogens (tertiary/aromatic N) is 1. The van der Waals surface area contributed by atoms with Crippen molar-refractivity contribution in [2.45, 2.75) is 26.7 Å². The van der Waals surface area contributed by atoms with Crippen LogP contribution in [0, 0.1) is 12.8 Å². The number of aryl methyl sites for hydroxylation is 1. The largest absolute Gasteiger partial charge is 0.496 e. The van der Waals surface area contributed by atoms with Gasteiger partial charge in [0.15, 0.2) is 0 Å². The summed E-state index contributed by atoms with van der Waals surface area (Å²) in [6, 6.07) is 5.44. The van der Waals surface area contributed by atoms with Gasteiger partial charge in [0.25, 0.3) is 5.91 Å². The van der Waals surface area contributed by atoms with Crippen molar-refractivity contribution in [3.63, 3.8) is 0 Å². The van der Waals surface area contributed by atoms with Gasteiger partial charge in [-0.3, -0.25) is 9.59 Å². The Balaban J connectivity index is 1.98. The van der Waals surface area contributed by atoms with Crippen molar-refractivity contribution >= 4 is 11.9 Å². The maximum atomic E-state index is 12.5. The molecular formula is C17H23NO4. The highest BCUT2D eigenvalue weighted by molar-refractivity contribution is 5.94. The number of carbonyl (C=O) groups is 2. The van der Waals surface area contributed by atoms with Crippen LogP contribution >= 0.6 is 0 Å². The van der Waals surface area contributed by atoms with Crippen molar-refractivity contribution < 1.29 is 19.1 Å². The van der Waals surface area contributed by atoms with Gasteiger partial charge < -0.3 is 14.4 Å². The number of methoxy groups -OCH3 is 1. The molecule has 1 aromatic rings. The van der Waals surface area contributed by atoms with Crippen LogP contribution in [0.1, 0.15) is 35.7 Å².